The molecule has 1 N–H and O–H groups in total. The first-order valence-corrected chi connectivity index (χ1v) is 7.05. The number of aryl methyl sites for hydroxylation is 1. The minimum atomic E-state index is 0.166. The van der Waals surface area contributed by atoms with Crippen molar-refractivity contribution in [1.29, 1.82) is 0 Å². The summed E-state index contributed by atoms with van der Waals surface area (Å²) in [5.41, 5.74) is 1.02. The molecule has 96 valence electrons. The summed E-state index contributed by atoms with van der Waals surface area (Å²) >= 11 is 6.56. The van der Waals surface area contributed by atoms with Gasteiger partial charge in [-0.25, -0.2) is 0 Å². The Kier molecular flexibility index (Phi) is 5.33. The topological polar surface area (TPSA) is 36.1 Å². The number of nitrogens with one attached hydrogen (secondary N) is 1. The lowest BCUT2D eigenvalue weighted by atomic mass is 10.1. The number of rotatable bonds is 5. The quantitative estimate of drug-likeness (QED) is 0.836. The number of aromatic amines is 1. The monoisotopic (exact) mass is 272 g/mol. The third-order valence-electron chi connectivity index (χ3n) is 2.70. The van der Waals surface area contributed by atoms with E-state index in [0.717, 1.165) is 27.5 Å². The second kappa shape index (κ2) is 6.31. The molecule has 0 aliphatic rings. The average Bonchev–Trinajstić information content (AvgIpc) is 2.53. The van der Waals surface area contributed by atoms with Crippen LogP contribution >= 0.6 is 23.6 Å². The highest BCUT2D eigenvalue weighted by Gasteiger charge is 2.13. The summed E-state index contributed by atoms with van der Waals surface area (Å²) in [5, 5.41) is 0. The third-order valence-corrected chi connectivity index (χ3v) is 4.04. The summed E-state index contributed by atoms with van der Waals surface area (Å²) in [6, 6.07) is 0. The SMILES string of the molecule is Cc1[nH]c(=S)sc1CC(=O)N(C)CCC(C)C. The fraction of sp³-hybridized carbons (Fsp3) is 0.667. The molecular formula is C12H20N2OS2. The highest BCUT2D eigenvalue weighted by molar-refractivity contribution is 7.73. The number of H-pyrrole nitrogens is 1. The second-order valence-corrected chi connectivity index (χ2v) is 6.51. The Morgan fingerprint density at radius 2 is 2.18 bits per heavy atom. The number of hydrogen-bond acceptors (Lipinski definition) is 3. The normalized spacial score (nSPS) is 10.9. The number of carbonyl (C=O) groups is 1. The van der Waals surface area contributed by atoms with E-state index in [1.165, 1.54) is 11.3 Å². The molecule has 1 amide bonds. The summed E-state index contributed by atoms with van der Waals surface area (Å²) in [7, 11) is 1.87. The number of aromatic nitrogens is 1. The molecule has 0 radical (unpaired) electrons. The molecule has 0 saturated carbocycles. The predicted octanol–water partition coefficient (Wildman–Crippen LogP) is 3.16. The number of amides is 1. The van der Waals surface area contributed by atoms with E-state index in [2.05, 4.69) is 18.8 Å². The smallest absolute Gasteiger partial charge is 0.227 e. The van der Waals surface area contributed by atoms with Gasteiger partial charge in [-0.05, 0) is 31.5 Å². The van der Waals surface area contributed by atoms with Gasteiger partial charge in [0.05, 0.1) is 6.42 Å². The molecule has 0 fully saturated rings. The van der Waals surface area contributed by atoms with Crippen LogP contribution in [-0.2, 0) is 11.2 Å². The molecule has 17 heavy (non-hydrogen) atoms. The lowest BCUT2D eigenvalue weighted by Gasteiger charge is -2.18. The first-order chi connectivity index (χ1) is 7.90. The maximum absolute atomic E-state index is 12.0. The van der Waals surface area contributed by atoms with Crippen LogP contribution in [0.5, 0.6) is 0 Å². The zero-order valence-corrected chi connectivity index (χ0v) is 12.5. The number of thiazole rings is 1. The Hall–Kier alpha value is -0.680. The van der Waals surface area contributed by atoms with E-state index in [1.807, 2.05) is 18.9 Å². The fourth-order valence-electron chi connectivity index (χ4n) is 1.45. The van der Waals surface area contributed by atoms with Gasteiger partial charge in [0.25, 0.3) is 0 Å². The molecule has 0 aromatic carbocycles. The van der Waals surface area contributed by atoms with Crippen LogP contribution in [0.15, 0.2) is 0 Å². The van der Waals surface area contributed by atoms with Crippen LogP contribution in [0.4, 0.5) is 0 Å². The van der Waals surface area contributed by atoms with Crippen molar-refractivity contribution in [3.05, 3.63) is 14.5 Å². The van der Waals surface area contributed by atoms with Gasteiger partial charge in [0.15, 0.2) is 3.95 Å². The summed E-state index contributed by atoms with van der Waals surface area (Å²) in [6.07, 6.45) is 1.50. The van der Waals surface area contributed by atoms with Gasteiger partial charge in [0.1, 0.15) is 0 Å². The van der Waals surface area contributed by atoms with Crippen molar-refractivity contribution in [2.75, 3.05) is 13.6 Å². The molecule has 0 aliphatic carbocycles. The number of hydrogen-bond donors (Lipinski definition) is 1. The molecule has 5 heteroatoms. The first-order valence-electron chi connectivity index (χ1n) is 5.82. The van der Waals surface area contributed by atoms with Crippen molar-refractivity contribution in [3.63, 3.8) is 0 Å². The van der Waals surface area contributed by atoms with Gasteiger partial charge in [-0.15, -0.1) is 11.3 Å². The van der Waals surface area contributed by atoms with E-state index in [9.17, 15) is 4.79 Å². The van der Waals surface area contributed by atoms with Crippen molar-refractivity contribution in [3.8, 4) is 0 Å². The summed E-state index contributed by atoms with van der Waals surface area (Å²) < 4.78 is 0.745. The van der Waals surface area contributed by atoms with Gasteiger partial charge >= 0.3 is 0 Å². The molecular weight excluding hydrogens is 252 g/mol. The summed E-state index contributed by atoms with van der Waals surface area (Å²) in [6.45, 7) is 7.12. The maximum Gasteiger partial charge on any atom is 0.227 e. The van der Waals surface area contributed by atoms with Gasteiger partial charge in [-0.1, -0.05) is 13.8 Å². The van der Waals surface area contributed by atoms with Crippen LogP contribution in [0.25, 0.3) is 0 Å². The van der Waals surface area contributed by atoms with E-state index in [0.29, 0.717) is 12.3 Å². The van der Waals surface area contributed by atoms with Gasteiger partial charge in [0, 0.05) is 24.2 Å². The van der Waals surface area contributed by atoms with E-state index < -0.39 is 0 Å². The first kappa shape index (κ1) is 14.4. The third kappa shape index (κ3) is 4.60. The highest BCUT2D eigenvalue weighted by Crippen LogP contribution is 2.16. The molecule has 0 atom stereocenters. The minimum absolute atomic E-state index is 0.166. The van der Waals surface area contributed by atoms with Gasteiger partial charge in [0.2, 0.25) is 5.91 Å². The predicted molar refractivity (Wildman–Crippen MR) is 75.0 cm³/mol. The minimum Gasteiger partial charge on any atom is -0.345 e. The van der Waals surface area contributed by atoms with Crippen LogP contribution in [-0.4, -0.2) is 29.4 Å². The Bertz CT molecular complexity index is 434. The van der Waals surface area contributed by atoms with Crippen molar-refractivity contribution in [2.45, 2.75) is 33.6 Å². The molecule has 0 saturated heterocycles. The molecule has 1 rings (SSSR count). The lowest BCUT2D eigenvalue weighted by molar-refractivity contribution is -0.129. The van der Waals surface area contributed by atoms with Crippen LogP contribution in [0.3, 0.4) is 0 Å². The van der Waals surface area contributed by atoms with Gasteiger partial charge < -0.3 is 9.88 Å². The summed E-state index contributed by atoms with van der Waals surface area (Å²) in [4.78, 5) is 17.9. The van der Waals surface area contributed by atoms with Crippen LogP contribution < -0.4 is 0 Å². The van der Waals surface area contributed by atoms with Crippen molar-refractivity contribution in [2.24, 2.45) is 5.92 Å². The second-order valence-electron chi connectivity index (χ2n) is 4.74. The standard InChI is InChI=1S/C12H20N2OS2/c1-8(2)5-6-14(4)11(15)7-10-9(3)13-12(16)17-10/h8H,5-7H2,1-4H3,(H,13,16). The number of carbonyl (C=O) groups excluding carboxylic acids is 1. The zero-order chi connectivity index (χ0) is 13.0. The van der Waals surface area contributed by atoms with Crippen molar-refractivity contribution in [1.82, 2.24) is 9.88 Å². The van der Waals surface area contributed by atoms with Gasteiger partial charge in [-0.3, -0.25) is 4.79 Å². The van der Waals surface area contributed by atoms with E-state index in [4.69, 9.17) is 12.2 Å². The van der Waals surface area contributed by atoms with Crippen molar-refractivity contribution >= 4 is 29.5 Å². The van der Waals surface area contributed by atoms with E-state index in [-0.39, 0.29) is 5.91 Å². The molecule has 0 bridgehead atoms. The Morgan fingerprint density at radius 1 is 1.53 bits per heavy atom. The van der Waals surface area contributed by atoms with Crippen LogP contribution in [0.2, 0.25) is 0 Å². The molecule has 0 spiro atoms. The highest BCUT2D eigenvalue weighted by atomic mass is 32.1. The van der Waals surface area contributed by atoms with Crippen LogP contribution in [0, 0.1) is 16.8 Å². The Morgan fingerprint density at radius 3 is 2.65 bits per heavy atom. The number of likely N-dealkylation sites (N-methyl/N-ethyl adjacent to an activating group) is 1. The molecule has 0 aliphatic heterocycles. The molecule has 1 aromatic rings. The van der Waals surface area contributed by atoms with Gasteiger partial charge in [-0.2, -0.15) is 0 Å². The molecule has 3 nitrogen and oxygen atoms in total. The number of nitrogens with zero attached hydrogens (tertiary/aromatic N) is 1. The molecule has 1 aromatic heterocycles. The average molecular weight is 272 g/mol. The zero-order valence-electron chi connectivity index (χ0n) is 10.9. The van der Waals surface area contributed by atoms with Crippen LogP contribution in [0.1, 0.15) is 30.8 Å². The summed E-state index contributed by atoms with van der Waals surface area (Å²) in [5.74, 6) is 0.792. The van der Waals surface area contributed by atoms with Crippen molar-refractivity contribution < 1.29 is 4.79 Å². The maximum atomic E-state index is 12.0. The molecule has 1 heterocycles. The van der Waals surface area contributed by atoms with E-state index in [1.54, 1.807) is 0 Å². The Labute approximate surface area is 112 Å². The fourth-order valence-corrected chi connectivity index (χ4v) is 2.74. The Balaban J connectivity index is 2.54. The largest absolute Gasteiger partial charge is 0.345 e. The van der Waals surface area contributed by atoms with E-state index >= 15 is 0 Å². The lowest BCUT2D eigenvalue weighted by Crippen LogP contribution is -2.29. The molecule has 0 unspecified atom stereocenters.